The fraction of sp³-hybridized carbons (Fsp3) is 0.500. The monoisotopic (exact) mass is 333 g/mol. The molecular weight excluding hydrogens is 318 g/mol. The fourth-order valence-electron chi connectivity index (χ4n) is 2.00. The van der Waals surface area contributed by atoms with Gasteiger partial charge >= 0.3 is 0 Å². The minimum Gasteiger partial charge on any atom is -0.378 e. The highest BCUT2D eigenvalue weighted by Gasteiger charge is 2.26. The predicted octanol–water partition coefficient (Wildman–Crippen LogP) is 2.15. The Kier molecular flexibility index (Phi) is 4.42. The van der Waals surface area contributed by atoms with Gasteiger partial charge in [0, 0.05) is 23.5 Å². The molecule has 1 heterocycles. The van der Waals surface area contributed by atoms with E-state index in [2.05, 4.69) is 20.7 Å². The largest absolute Gasteiger partial charge is 0.378 e. The second-order valence-electron chi connectivity index (χ2n) is 4.41. The summed E-state index contributed by atoms with van der Waals surface area (Å²) in [6, 6.07) is 6.80. The summed E-state index contributed by atoms with van der Waals surface area (Å²) in [7, 11) is -3.45. The van der Waals surface area contributed by atoms with Crippen LogP contribution in [0.5, 0.6) is 0 Å². The van der Waals surface area contributed by atoms with Gasteiger partial charge in [-0.2, -0.15) is 0 Å². The van der Waals surface area contributed by atoms with E-state index in [9.17, 15) is 8.42 Å². The molecule has 100 valence electrons. The van der Waals surface area contributed by atoms with Gasteiger partial charge in [-0.3, -0.25) is 0 Å². The molecule has 0 spiro atoms. The van der Waals surface area contributed by atoms with Crippen molar-refractivity contribution in [2.45, 2.75) is 24.3 Å². The van der Waals surface area contributed by atoms with E-state index in [-0.39, 0.29) is 16.9 Å². The lowest BCUT2D eigenvalue weighted by atomic mass is 10.0. The molecular formula is C12H16BrNO3S. The maximum atomic E-state index is 12.1. The van der Waals surface area contributed by atoms with E-state index >= 15 is 0 Å². The van der Waals surface area contributed by atoms with E-state index in [1.165, 1.54) is 0 Å². The molecule has 2 rings (SSSR count). The molecule has 6 heteroatoms. The molecule has 4 nitrogen and oxygen atoms in total. The summed E-state index contributed by atoms with van der Waals surface area (Å²) in [6.07, 6.45) is 1.02. The quantitative estimate of drug-likeness (QED) is 0.918. The third-order valence-electron chi connectivity index (χ3n) is 3.19. The van der Waals surface area contributed by atoms with Gasteiger partial charge in [0.15, 0.2) is 0 Å². The van der Waals surface area contributed by atoms with Crippen molar-refractivity contribution >= 4 is 26.0 Å². The standard InChI is InChI=1S/C12H16BrNO3S/c1-9-10(6-7-17-9)8-14-18(15,16)12-5-3-2-4-11(12)13/h2-5,9-10,14H,6-8H2,1H3. The third kappa shape index (κ3) is 3.12. The molecule has 1 saturated heterocycles. The third-order valence-corrected chi connectivity index (χ3v) is 5.63. The highest BCUT2D eigenvalue weighted by molar-refractivity contribution is 9.10. The number of rotatable bonds is 4. The first-order valence-corrected chi connectivity index (χ1v) is 8.14. The number of hydrogen-bond donors (Lipinski definition) is 1. The average molecular weight is 334 g/mol. The van der Waals surface area contributed by atoms with Gasteiger partial charge in [0.2, 0.25) is 10.0 Å². The molecule has 18 heavy (non-hydrogen) atoms. The molecule has 0 aromatic heterocycles. The van der Waals surface area contributed by atoms with Crippen LogP contribution in [0.4, 0.5) is 0 Å². The lowest BCUT2D eigenvalue weighted by molar-refractivity contribution is 0.107. The summed E-state index contributed by atoms with van der Waals surface area (Å²) in [4.78, 5) is 0.275. The smallest absolute Gasteiger partial charge is 0.241 e. The van der Waals surface area contributed by atoms with E-state index < -0.39 is 10.0 Å². The van der Waals surface area contributed by atoms with Crippen molar-refractivity contribution < 1.29 is 13.2 Å². The zero-order valence-corrected chi connectivity index (χ0v) is 12.5. The van der Waals surface area contributed by atoms with Gasteiger partial charge < -0.3 is 4.74 Å². The molecule has 1 N–H and O–H groups in total. The van der Waals surface area contributed by atoms with Crippen molar-refractivity contribution in [1.29, 1.82) is 0 Å². The lowest BCUT2D eigenvalue weighted by Crippen LogP contribution is -2.32. The maximum absolute atomic E-state index is 12.1. The fourth-order valence-corrected chi connectivity index (χ4v) is 4.10. The Morgan fingerprint density at radius 1 is 1.44 bits per heavy atom. The number of sulfonamides is 1. The van der Waals surface area contributed by atoms with Crippen molar-refractivity contribution in [3.05, 3.63) is 28.7 Å². The Morgan fingerprint density at radius 3 is 2.78 bits per heavy atom. The number of hydrogen-bond acceptors (Lipinski definition) is 3. The summed E-state index contributed by atoms with van der Waals surface area (Å²) < 4.78 is 32.9. The molecule has 0 aliphatic carbocycles. The molecule has 0 radical (unpaired) electrons. The first kappa shape index (κ1) is 14.0. The number of halogens is 1. The van der Waals surface area contributed by atoms with Gasteiger partial charge in [-0.15, -0.1) is 0 Å². The van der Waals surface area contributed by atoms with Gasteiger partial charge in [-0.05, 0) is 41.4 Å². The first-order valence-electron chi connectivity index (χ1n) is 5.86. The molecule has 0 saturated carbocycles. The molecule has 0 bridgehead atoms. The number of nitrogens with one attached hydrogen (secondary N) is 1. The van der Waals surface area contributed by atoms with Crippen LogP contribution in [0.2, 0.25) is 0 Å². The van der Waals surface area contributed by atoms with Gasteiger partial charge in [0.25, 0.3) is 0 Å². The normalized spacial score (nSPS) is 24.3. The molecule has 1 aromatic rings. The molecule has 1 aliphatic heterocycles. The summed E-state index contributed by atoms with van der Waals surface area (Å²) in [5.74, 6) is 0.252. The van der Waals surface area contributed by atoms with Crippen LogP contribution >= 0.6 is 15.9 Å². The Hall–Kier alpha value is -0.430. The van der Waals surface area contributed by atoms with Crippen LogP contribution in [0.3, 0.4) is 0 Å². The second kappa shape index (κ2) is 5.69. The average Bonchev–Trinajstić information content (AvgIpc) is 2.73. The van der Waals surface area contributed by atoms with E-state index in [4.69, 9.17) is 4.74 Å². The molecule has 2 atom stereocenters. The number of ether oxygens (including phenoxy) is 1. The van der Waals surface area contributed by atoms with Crippen LogP contribution in [0.15, 0.2) is 33.6 Å². The van der Waals surface area contributed by atoms with Crippen LogP contribution in [-0.2, 0) is 14.8 Å². The molecule has 0 amide bonds. The zero-order chi connectivity index (χ0) is 13.2. The SMILES string of the molecule is CC1OCCC1CNS(=O)(=O)c1ccccc1Br. The van der Waals surface area contributed by atoms with Crippen molar-refractivity contribution in [3.8, 4) is 0 Å². The van der Waals surface area contributed by atoms with Gasteiger partial charge in [-0.1, -0.05) is 12.1 Å². The predicted molar refractivity (Wildman–Crippen MR) is 72.9 cm³/mol. The Bertz CT molecular complexity index is 518. The minimum atomic E-state index is -3.45. The van der Waals surface area contributed by atoms with Crippen LogP contribution < -0.4 is 4.72 Å². The molecule has 1 aliphatic rings. The van der Waals surface area contributed by atoms with Crippen molar-refractivity contribution in [2.24, 2.45) is 5.92 Å². The Morgan fingerprint density at radius 2 is 2.17 bits per heavy atom. The van der Waals surface area contributed by atoms with Crippen molar-refractivity contribution in [3.63, 3.8) is 0 Å². The van der Waals surface area contributed by atoms with Crippen LogP contribution in [0.1, 0.15) is 13.3 Å². The Labute approximate surface area is 116 Å². The van der Waals surface area contributed by atoms with Crippen LogP contribution in [-0.4, -0.2) is 27.7 Å². The summed E-state index contributed by atoms with van der Waals surface area (Å²) in [6.45, 7) is 3.11. The summed E-state index contributed by atoms with van der Waals surface area (Å²) in [5.41, 5.74) is 0. The van der Waals surface area contributed by atoms with E-state index in [1.54, 1.807) is 24.3 Å². The van der Waals surface area contributed by atoms with Crippen molar-refractivity contribution in [1.82, 2.24) is 4.72 Å². The maximum Gasteiger partial charge on any atom is 0.241 e. The van der Waals surface area contributed by atoms with Crippen molar-refractivity contribution in [2.75, 3.05) is 13.2 Å². The molecule has 1 aromatic carbocycles. The zero-order valence-electron chi connectivity index (χ0n) is 10.1. The topological polar surface area (TPSA) is 55.4 Å². The van der Waals surface area contributed by atoms with Crippen LogP contribution in [0.25, 0.3) is 0 Å². The lowest BCUT2D eigenvalue weighted by Gasteiger charge is -2.15. The van der Waals surface area contributed by atoms with Gasteiger partial charge in [0.1, 0.15) is 0 Å². The van der Waals surface area contributed by atoms with E-state index in [0.717, 1.165) is 6.42 Å². The summed E-state index contributed by atoms with van der Waals surface area (Å²) in [5, 5.41) is 0. The second-order valence-corrected chi connectivity index (χ2v) is 7.00. The van der Waals surface area contributed by atoms with Crippen LogP contribution in [0, 0.1) is 5.92 Å². The van der Waals surface area contributed by atoms with Gasteiger partial charge in [-0.25, -0.2) is 13.1 Å². The Balaban J connectivity index is 2.06. The van der Waals surface area contributed by atoms with E-state index in [0.29, 0.717) is 17.6 Å². The van der Waals surface area contributed by atoms with E-state index in [1.807, 2.05) is 6.92 Å². The number of benzene rings is 1. The van der Waals surface area contributed by atoms with Gasteiger partial charge in [0.05, 0.1) is 11.0 Å². The molecule has 1 fully saturated rings. The highest BCUT2D eigenvalue weighted by Crippen LogP contribution is 2.23. The highest BCUT2D eigenvalue weighted by atomic mass is 79.9. The summed E-state index contributed by atoms with van der Waals surface area (Å²) >= 11 is 3.25. The molecule has 2 unspecified atom stereocenters. The first-order chi connectivity index (χ1) is 8.50. The minimum absolute atomic E-state index is 0.118.